The van der Waals surface area contributed by atoms with E-state index in [1.165, 1.54) is 0 Å². The molecular formula is C14H13BrINO. The smallest absolute Gasteiger partial charge is 0.131 e. The number of hydrogen-bond donors (Lipinski definition) is 1. The van der Waals surface area contributed by atoms with Gasteiger partial charge < -0.3 is 10.5 Å². The normalized spacial score (nSPS) is 10.4. The summed E-state index contributed by atoms with van der Waals surface area (Å²) in [6.45, 7) is 0.615. The second-order valence-electron chi connectivity index (χ2n) is 3.85. The van der Waals surface area contributed by atoms with Gasteiger partial charge in [0.05, 0.1) is 0 Å². The standard InChI is InChI=1S/C14H13BrINO/c15-11-5-4-10(6-7-17)14(8-11)18-13-3-1-2-12(16)9-13/h1-5,8-9H,6-7,17H2. The number of nitrogens with two attached hydrogens (primary N) is 1. The van der Waals surface area contributed by atoms with Gasteiger partial charge in [-0.3, -0.25) is 0 Å². The molecule has 0 saturated carbocycles. The highest BCUT2D eigenvalue weighted by atomic mass is 127. The van der Waals surface area contributed by atoms with Gasteiger partial charge in [0.2, 0.25) is 0 Å². The lowest BCUT2D eigenvalue weighted by Crippen LogP contribution is -2.04. The van der Waals surface area contributed by atoms with Crippen molar-refractivity contribution in [3.05, 3.63) is 56.1 Å². The summed E-state index contributed by atoms with van der Waals surface area (Å²) >= 11 is 5.73. The van der Waals surface area contributed by atoms with E-state index in [1.54, 1.807) is 0 Å². The third-order valence-electron chi connectivity index (χ3n) is 2.47. The molecule has 0 heterocycles. The molecule has 0 aromatic heterocycles. The summed E-state index contributed by atoms with van der Waals surface area (Å²) in [6.07, 6.45) is 0.812. The Hall–Kier alpha value is -0.590. The lowest BCUT2D eigenvalue weighted by Gasteiger charge is -2.11. The maximum absolute atomic E-state index is 5.93. The van der Waals surface area contributed by atoms with E-state index < -0.39 is 0 Å². The molecule has 0 aliphatic carbocycles. The van der Waals surface area contributed by atoms with Crippen molar-refractivity contribution in [1.82, 2.24) is 0 Å². The number of halogens is 2. The minimum absolute atomic E-state index is 0.615. The molecule has 2 nitrogen and oxygen atoms in total. The molecule has 0 unspecified atom stereocenters. The van der Waals surface area contributed by atoms with Crippen LogP contribution >= 0.6 is 38.5 Å². The van der Waals surface area contributed by atoms with Crippen LogP contribution in [-0.4, -0.2) is 6.54 Å². The highest BCUT2D eigenvalue weighted by molar-refractivity contribution is 14.1. The number of benzene rings is 2. The van der Waals surface area contributed by atoms with Crippen LogP contribution in [0.4, 0.5) is 0 Å². The van der Waals surface area contributed by atoms with Gasteiger partial charge in [0.15, 0.2) is 0 Å². The summed E-state index contributed by atoms with van der Waals surface area (Å²) in [4.78, 5) is 0. The first kappa shape index (κ1) is 13.8. The van der Waals surface area contributed by atoms with E-state index in [1.807, 2.05) is 42.5 Å². The van der Waals surface area contributed by atoms with Crippen LogP contribution in [0.15, 0.2) is 46.9 Å². The molecule has 2 aromatic rings. The Labute approximate surface area is 129 Å². The molecule has 94 valence electrons. The van der Waals surface area contributed by atoms with E-state index >= 15 is 0 Å². The fourth-order valence-corrected chi connectivity index (χ4v) is 2.50. The minimum Gasteiger partial charge on any atom is -0.457 e. The molecule has 18 heavy (non-hydrogen) atoms. The first-order valence-corrected chi connectivity index (χ1v) is 7.48. The van der Waals surface area contributed by atoms with Gasteiger partial charge in [-0.2, -0.15) is 0 Å². The second-order valence-corrected chi connectivity index (χ2v) is 6.01. The van der Waals surface area contributed by atoms with E-state index in [-0.39, 0.29) is 0 Å². The SMILES string of the molecule is NCCc1ccc(Br)cc1Oc1cccc(I)c1. The fraction of sp³-hybridized carbons (Fsp3) is 0.143. The molecule has 0 aliphatic heterocycles. The van der Waals surface area contributed by atoms with Gasteiger partial charge in [-0.1, -0.05) is 28.1 Å². The Morgan fingerprint density at radius 3 is 2.72 bits per heavy atom. The van der Waals surface area contributed by atoms with Crippen molar-refractivity contribution in [2.24, 2.45) is 5.73 Å². The third kappa shape index (κ3) is 3.70. The lowest BCUT2D eigenvalue weighted by atomic mass is 10.1. The Morgan fingerprint density at radius 1 is 1.17 bits per heavy atom. The average Bonchev–Trinajstić information content (AvgIpc) is 2.33. The van der Waals surface area contributed by atoms with Gasteiger partial charge in [-0.05, 0) is 71.5 Å². The molecule has 0 saturated heterocycles. The fourth-order valence-electron chi connectivity index (χ4n) is 1.64. The Balaban J connectivity index is 2.29. The third-order valence-corrected chi connectivity index (χ3v) is 3.63. The van der Waals surface area contributed by atoms with E-state index in [4.69, 9.17) is 10.5 Å². The van der Waals surface area contributed by atoms with E-state index in [9.17, 15) is 0 Å². The summed E-state index contributed by atoms with van der Waals surface area (Å²) in [5.41, 5.74) is 6.74. The molecule has 4 heteroatoms. The Bertz CT molecular complexity index is 545. The molecule has 2 rings (SSSR count). The molecule has 0 spiro atoms. The molecule has 0 radical (unpaired) electrons. The van der Waals surface area contributed by atoms with Gasteiger partial charge in [0, 0.05) is 8.04 Å². The van der Waals surface area contributed by atoms with Gasteiger partial charge >= 0.3 is 0 Å². The van der Waals surface area contributed by atoms with Gasteiger partial charge in [-0.25, -0.2) is 0 Å². The van der Waals surface area contributed by atoms with Gasteiger partial charge in [-0.15, -0.1) is 0 Å². The van der Waals surface area contributed by atoms with E-state index in [0.29, 0.717) is 6.54 Å². The van der Waals surface area contributed by atoms with Crippen molar-refractivity contribution >= 4 is 38.5 Å². The topological polar surface area (TPSA) is 35.2 Å². The highest BCUT2D eigenvalue weighted by Gasteiger charge is 2.05. The summed E-state index contributed by atoms with van der Waals surface area (Å²) in [7, 11) is 0. The van der Waals surface area contributed by atoms with Crippen molar-refractivity contribution in [1.29, 1.82) is 0 Å². The van der Waals surface area contributed by atoms with Crippen molar-refractivity contribution in [3.63, 3.8) is 0 Å². The summed E-state index contributed by atoms with van der Waals surface area (Å²) < 4.78 is 8.09. The molecule has 2 aromatic carbocycles. The predicted octanol–water partition coefficient (Wildman–Crippen LogP) is 4.35. The first-order chi connectivity index (χ1) is 8.69. The van der Waals surface area contributed by atoms with Crippen LogP contribution in [-0.2, 0) is 6.42 Å². The van der Waals surface area contributed by atoms with Crippen molar-refractivity contribution in [3.8, 4) is 11.5 Å². The molecular weight excluding hydrogens is 405 g/mol. The van der Waals surface area contributed by atoms with E-state index in [2.05, 4.69) is 38.5 Å². The van der Waals surface area contributed by atoms with Gasteiger partial charge in [0.1, 0.15) is 11.5 Å². The maximum atomic E-state index is 5.93. The van der Waals surface area contributed by atoms with Crippen LogP contribution in [0.1, 0.15) is 5.56 Å². The van der Waals surface area contributed by atoms with Crippen molar-refractivity contribution in [2.45, 2.75) is 6.42 Å². The van der Waals surface area contributed by atoms with E-state index in [0.717, 1.165) is 31.5 Å². The largest absolute Gasteiger partial charge is 0.457 e. The summed E-state index contributed by atoms with van der Waals surface area (Å²) in [5, 5.41) is 0. The number of rotatable bonds is 4. The predicted molar refractivity (Wildman–Crippen MR) is 86.1 cm³/mol. The lowest BCUT2D eigenvalue weighted by molar-refractivity contribution is 0.475. The van der Waals surface area contributed by atoms with Crippen LogP contribution in [0.2, 0.25) is 0 Å². The molecule has 0 bridgehead atoms. The molecule has 0 aliphatic rings. The van der Waals surface area contributed by atoms with Crippen molar-refractivity contribution < 1.29 is 4.74 Å². The van der Waals surface area contributed by atoms with Crippen LogP contribution in [0.5, 0.6) is 11.5 Å². The zero-order chi connectivity index (χ0) is 13.0. The molecule has 0 amide bonds. The number of ether oxygens (including phenoxy) is 1. The summed E-state index contributed by atoms with van der Waals surface area (Å²) in [6, 6.07) is 14.0. The van der Waals surface area contributed by atoms with Crippen LogP contribution < -0.4 is 10.5 Å². The quantitative estimate of drug-likeness (QED) is 0.750. The molecule has 0 atom stereocenters. The zero-order valence-corrected chi connectivity index (χ0v) is 13.4. The second kappa shape index (κ2) is 6.54. The monoisotopic (exact) mass is 417 g/mol. The summed E-state index contributed by atoms with van der Waals surface area (Å²) in [5.74, 6) is 1.70. The number of hydrogen-bond acceptors (Lipinski definition) is 2. The molecule has 2 N–H and O–H groups in total. The van der Waals surface area contributed by atoms with Gasteiger partial charge in [0.25, 0.3) is 0 Å². The zero-order valence-electron chi connectivity index (χ0n) is 9.70. The van der Waals surface area contributed by atoms with Crippen LogP contribution in [0.3, 0.4) is 0 Å². The Morgan fingerprint density at radius 2 is 2.00 bits per heavy atom. The minimum atomic E-state index is 0.615. The average molecular weight is 418 g/mol. The Kier molecular flexibility index (Phi) is 5.03. The van der Waals surface area contributed by atoms with Crippen LogP contribution in [0.25, 0.3) is 0 Å². The highest BCUT2D eigenvalue weighted by Crippen LogP contribution is 2.29. The molecule has 0 fully saturated rings. The maximum Gasteiger partial charge on any atom is 0.131 e. The van der Waals surface area contributed by atoms with Crippen molar-refractivity contribution in [2.75, 3.05) is 6.54 Å². The first-order valence-electron chi connectivity index (χ1n) is 5.61. The van der Waals surface area contributed by atoms with Crippen LogP contribution in [0, 0.1) is 3.57 Å².